The van der Waals surface area contributed by atoms with Crippen LogP contribution in [0.15, 0.2) is 24.3 Å². The Kier molecular flexibility index (Phi) is 8.49. The van der Waals surface area contributed by atoms with E-state index in [9.17, 15) is 9.59 Å². The lowest BCUT2D eigenvalue weighted by Gasteiger charge is -2.11. The average Bonchev–Trinajstić information content (AvgIpc) is 2.51. The number of carbonyl (C=O) groups is 2. The number of para-hydroxylation sites is 2. The summed E-state index contributed by atoms with van der Waals surface area (Å²) in [5.41, 5.74) is 0. The summed E-state index contributed by atoms with van der Waals surface area (Å²) >= 11 is 0. The molecule has 1 rings (SSSR count). The number of ether oxygens (including phenoxy) is 2. The SMILES string of the molecule is CCCC(=O)NCCNC(=O)COc1ccccc1OCC. The number of carbonyl (C=O) groups excluding carboxylic acids is 2. The molecule has 0 aliphatic carbocycles. The van der Waals surface area contributed by atoms with Gasteiger partial charge in [0, 0.05) is 19.5 Å². The molecule has 0 heterocycles. The molecule has 122 valence electrons. The van der Waals surface area contributed by atoms with Gasteiger partial charge in [-0.1, -0.05) is 19.1 Å². The van der Waals surface area contributed by atoms with Gasteiger partial charge >= 0.3 is 0 Å². The van der Waals surface area contributed by atoms with E-state index in [-0.39, 0.29) is 18.4 Å². The molecule has 0 spiro atoms. The summed E-state index contributed by atoms with van der Waals surface area (Å²) in [5, 5.41) is 5.41. The van der Waals surface area contributed by atoms with Crippen LogP contribution in [0.2, 0.25) is 0 Å². The summed E-state index contributed by atoms with van der Waals surface area (Å²) < 4.78 is 10.9. The molecule has 2 amide bonds. The van der Waals surface area contributed by atoms with Gasteiger partial charge in [-0.15, -0.1) is 0 Å². The molecule has 22 heavy (non-hydrogen) atoms. The van der Waals surface area contributed by atoms with E-state index in [1.165, 1.54) is 0 Å². The molecule has 0 radical (unpaired) electrons. The number of amides is 2. The van der Waals surface area contributed by atoms with Crippen LogP contribution in [0.4, 0.5) is 0 Å². The van der Waals surface area contributed by atoms with E-state index in [2.05, 4.69) is 10.6 Å². The maximum atomic E-state index is 11.7. The third kappa shape index (κ3) is 6.97. The maximum absolute atomic E-state index is 11.7. The minimum atomic E-state index is -0.240. The van der Waals surface area contributed by atoms with E-state index in [4.69, 9.17) is 9.47 Å². The standard InChI is InChI=1S/C16H24N2O4/c1-3-7-15(19)17-10-11-18-16(20)12-22-14-9-6-5-8-13(14)21-4-2/h5-6,8-9H,3-4,7,10-12H2,1-2H3,(H,17,19)(H,18,20). The Balaban J connectivity index is 2.24. The summed E-state index contributed by atoms with van der Waals surface area (Å²) in [7, 11) is 0. The lowest BCUT2D eigenvalue weighted by Crippen LogP contribution is -2.36. The van der Waals surface area contributed by atoms with Gasteiger partial charge in [-0.05, 0) is 25.5 Å². The summed E-state index contributed by atoms with van der Waals surface area (Å²) in [6.45, 7) is 5.07. The van der Waals surface area contributed by atoms with Crippen molar-refractivity contribution in [2.24, 2.45) is 0 Å². The Labute approximate surface area is 131 Å². The number of benzene rings is 1. The summed E-state index contributed by atoms with van der Waals surface area (Å²) in [5.74, 6) is 0.912. The van der Waals surface area contributed by atoms with Crippen LogP contribution in [0.25, 0.3) is 0 Å². The van der Waals surface area contributed by atoms with E-state index >= 15 is 0 Å². The number of hydrogen-bond donors (Lipinski definition) is 2. The molecule has 1 aromatic carbocycles. The van der Waals surface area contributed by atoms with Crippen LogP contribution in [0, 0.1) is 0 Å². The molecule has 2 N–H and O–H groups in total. The maximum Gasteiger partial charge on any atom is 0.258 e. The fraction of sp³-hybridized carbons (Fsp3) is 0.500. The first-order valence-electron chi connectivity index (χ1n) is 7.55. The molecule has 0 atom stereocenters. The zero-order chi connectivity index (χ0) is 16.2. The molecule has 6 heteroatoms. The van der Waals surface area contributed by atoms with E-state index in [1.807, 2.05) is 26.0 Å². The van der Waals surface area contributed by atoms with E-state index in [0.717, 1.165) is 6.42 Å². The van der Waals surface area contributed by atoms with Gasteiger partial charge in [0.1, 0.15) is 0 Å². The van der Waals surface area contributed by atoms with Crippen molar-refractivity contribution in [3.05, 3.63) is 24.3 Å². The zero-order valence-electron chi connectivity index (χ0n) is 13.2. The molecule has 0 saturated heterocycles. The minimum Gasteiger partial charge on any atom is -0.490 e. The molecule has 0 aliphatic rings. The average molecular weight is 308 g/mol. The third-order valence-electron chi connectivity index (χ3n) is 2.75. The molecule has 0 unspecified atom stereocenters. The molecule has 0 fully saturated rings. The van der Waals surface area contributed by atoms with Crippen molar-refractivity contribution in [1.29, 1.82) is 0 Å². The van der Waals surface area contributed by atoms with Crippen molar-refractivity contribution in [3.63, 3.8) is 0 Å². The fourth-order valence-electron chi connectivity index (χ4n) is 1.76. The summed E-state index contributed by atoms with van der Waals surface area (Å²) in [4.78, 5) is 22.9. The number of nitrogens with one attached hydrogen (secondary N) is 2. The van der Waals surface area contributed by atoms with Gasteiger partial charge in [0.05, 0.1) is 6.61 Å². The van der Waals surface area contributed by atoms with Crippen LogP contribution in [0.3, 0.4) is 0 Å². The highest BCUT2D eigenvalue weighted by Gasteiger charge is 2.07. The predicted octanol–water partition coefficient (Wildman–Crippen LogP) is 1.50. The van der Waals surface area contributed by atoms with Crippen molar-refractivity contribution < 1.29 is 19.1 Å². The second kappa shape index (κ2) is 10.5. The van der Waals surface area contributed by atoms with Crippen LogP contribution in [0.5, 0.6) is 11.5 Å². The third-order valence-corrected chi connectivity index (χ3v) is 2.75. The van der Waals surface area contributed by atoms with Crippen molar-refractivity contribution in [2.75, 3.05) is 26.3 Å². The molecule has 1 aromatic rings. The highest BCUT2D eigenvalue weighted by Crippen LogP contribution is 2.26. The topological polar surface area (TPSA) is 76.7 Å². The normalized spacial score (nSPS) is 9.91. The highest BCUT2D eigenvalue weighted by atomic mass is 16.5. The minimum absolute atomic E-state index is 0.00126. The van der Waals surface area contributed by atoms with Crippen LogP contribution in [-0.2, 0) is 9.59 Å². The highest BCUT2D eigenvalue weighted by molar-refractivity contribution is 5.78. The molecule has 0 saturated carbocycles. The van der Waals surface area contributed by atoms with Gasteiger partial charge in [0.25, 0.3) is 5.91 Å². The van der Waals surface area contributed by atoms with Crippen molar-refractivity contribution >= 4 is 11.8 Å². The van der Waals surface area contributed by atoms with Gasteiger partial charge in [-0.2, -0.15) is 0 Å². The van der Waals surface area contributed by atoms with Crippen LogP contribution in [0.1, 0.15) is 26.7 Å². The Morgan fingerprint density at radius 3 is 2.14 bits per heavy atom. The Bertz CT molecular complexity index is 477. The Hall–Kier alpha value is -2.24. The second-order valence-corrected chi connectivity index (χ2v) is 4.62. The quantitative estimate of drug-likeness (QED) is 0.642. The Morgan fingerprint density at radius 1 is 0.955 bits per heavy atom. The first-order chi connectivity index (χ1) is 10.7. The van der Waals surface area contributed by atoms with Gasteiger partial charge < -0.3 is 20.1 Å². The lowest BCUT2D eigenvalue weighted by molar-refractivity contribution is -0.124. The van der Waals surface area contributed by atoms with Crippen molar-refractivity contribution in [3.8, 4) is 11.5 Å². The van der Waals surface area contributed by atoms with E-state index in [0.29, 0.717) is 37.6 Å². The fourth-order valence-corrected chi connectivity index (χ4v) is 1.76. The molecule has 0 aromatic heterocycles. The second-order valence-electron chi connectivity index (χ2n) is 4.62. The summed E-state index contributed by atoms with van der Waals surface area (Å²) in [6, 6.07) is 7.21. The molecular weight excluding hydrogens is 284 g/mol. The Morgan fingerprint density at radius 2 is 1.55 bits per heavy atom. The van der Waals surface area contributed by atoms with Crippen LogP contribution in [-0.4, -0.2) is 38.1 Å². The predicted molar refractivity (Wildman–Crippen MR) is 84.0 cm³/mol. The van der Waals surface area contributed by atoms with E-state index in [1.54, 1.807) is 12.1 Å². The number of hydrogen-bond acceptors (Lipinski definition) is 4. The monoisotopic (exact) mass is 308 g/mol. The lowest BCUT2D eigenvalue weighted by atomic mass is 10.3. The molecule has 0 bridgehead atoms. The van der Waals surface area contributed by atoms with Crippen molar-refractivity contribution in [2.45, 2.75) is 26.7 Å². The molecule has 6 nitrogen and oxygen atoms in total. The van der Waals surface area contributed by atoms with E-state index < -0.39 is 0 Å². The van der Waals surface area contributed by atoms with Gasteiger partial charge in [-0.25, -0.2) is 0 Å². The van der Waals surface area contributed by atoms with Gasteiger partial charge in [-0.3, -0.25) is 9.59 Å². The smallest absolute Gasteiger partial charge is 0.258 e. The molecular formula is C16H24N2O4. The van der Waals surface area contributed by atoms with Crippen LogP contribution < -0.4 is 20.1 Å². The number of rotatable bonds is 10. The first kappa shape index (κ1) is 17.8. The molecule has 0 aliphatic heterocycles. The summed E-state index contributed by atoms with van der Waals surface area (Å²) in [6.07, 6.45) is 1.32. The van der Waals surface area contributed by atoms with Crippen LogP contribution >= 0.6 is 0 Å². The largest absolute Gasteiger partial charge is 0.490 e. The zero-order valence-corrected chi connectivity index (χ0v) is 13.2. The van der Waals surface area contributed by atoms with Gasteiger partial charge in [0.15, 0.2) is 18.1 Å². The first-order valence-corrected chi connectivity index (χ1v) is 7.55. The van der Waals surface area contributed by atoms with Gasteiger partial charge in [0.2, 0.25) is 5.91 Å². The van der Waals surface area contributed by atoms with Crippen molar-refractivity contribution in [1.82, 2.24) is 10.6 Å².